The van der Waals surface area contributed by atoms with E-state index >= 15 is 0 Å². The number of hydrogen-bond donors (Lipinski definition) is 0. The van der Waals surface area contributed by atoms with E-state index in [1.165, 1.54) is 5.56 Å². The van der Waals surface area contributed by atoms with Gasteiger partial charge in [0.25, 0.3) is 0 Å². The van der Waals surface area contributed by atoms with Crippen LogP contribution in [0.25, 0.3) is 5.69 Å². The molecule has 210 valence electrons. The second kappa shape index (κ2) is 11.3. The molecule has 0 N–H and O–H groups in total. The summed E-state index contributed by atoms with van der Waals surface area (Å²) in [5.41, 5.74) is 6.06. The third kappa shape index (κ3) is 5.48. The molecule has 0 aliphatic carbocycles. The lowest BCUT2D eigenvalue weighted by atomic mass is 9.79. The molecule has 2 aliphatic heterocycles. The number of aromatic nitrogens is 3. The van der Waals surface area contributed by atoms with Crippen LogP contribution in [0, 0.1) is 6.92 Å². The van der Waals surface area contributed by atoms with Gasteiger partial charge < -0.3 is 0 Å². The molecule has 1 unspecified atom stereocenters. The van der Waals surface area contributed by atoms with E-state index < -0.39 is 17.9 Å². The third-order valence-corrected chi connectivity index (χ3v) is 8.22. The lowest BCUT2D eigenvalue weighted by molar-refractivity contribution is -0.146. The fourth-order valence-electron chi connectivity index (χ4n) is 5.88. The maximum Gasteiger partial charge on any atom is 0.452 e. The fourth-order valence-corrected chi connectivity index (χ4v) is 6.06. The van der Waals surface area contributed by atoms with E-state index in [-0.39, 0.29) is 17.5 Å². The number of fused-ring (bicyclic) bond motifs is 3. The number of alkyl halides is 3. The van der Waals surface area contributed by atoms with Crippen molar-refractivity contribution in [2.75, 3.05) is 0 Å². The predicted octanol–water partition coefficient (Wildman–Crippen LogP) is 7.78. The highest BCUT2D eigenvalue weighted by atomic mass is 35.5. The summed E-state index contributed by atoms with van der Waals surface area (Å²) in [6.07, 6.45) is -1.04. The van der Waals surface area contributed by atoms with Crippen LogP contribution >= 0.6 is 11.6 Å². The number of ketones is 1. The lowest BCUT2D eigenvalue weighted by Gasteiger charge is -2.24. The number of hydrogen-bond acceptors (Lipinski definition) is 5. The molecule has 0 spiro atoms. The second-order valence-electron chi connectivity index (χ2n) is 10.5. The number of carbonyl (C=O) groups is 1. The largest absolute Gasteiger partial charge is 0.452 e. The van der Waals surface area contributed by atoms with Crippen molar-refractivity contribution in [2.45, 2.75) is 83.7 Å². The SMILES string of the molecule is CCC(=O)CCC1=NN=C(C[C@H]2CC(c3cccc(CC)c3C)c3cc(Cl)ccc3-n3c2nnc3C(F)(F)F)C1. The molecule has 2 aliphatic rings. The Kier molecular flexibility index (Phi) is 7.95. The zero-order valence-corrected chi connectivity index (χ0v) is 23.5. The molecule has 2 atom stereocenters. The topological polar surface area (TPSA) is 72.5 Å². The van der Waals surface area contributed by atoms with Gasteiger partial charge in [0, 0.05) is 47.5 Å². The predicted molar refractivity (Wildman–Crippen MR) is 150 cm³/mol. The van der Waals surface area contributed by atoms with E-state index in [1.54, 1.807) is 18.2 Å². The number of carbonyl (C=O) groups excluding carboxylic acids is 1. The van der Waals surface area contributed by atoms with Crippen LogP contribution in [0.2, 0.25) is 5.02 Å². The summed E-state index contributed by atoms with van der Waals surface area (Å²) in [6, 6.07) is 11.1. The van der Waals surface area contributed by atoms with Crippen molar-refractivity contribution in [1.29, 1.82) is 0 Å². The van der Waals surface area contributed by atoms with Crippen molar-refractivity contribution in [3.05, 3.63) is 75.3 Å². The summed E-state index contributed by atoms with van der Waals surface area (Å²) < 4.78 is 43.9. The summed E-state index contributed by atoms with van der Waals surface area (Å²) >= 11 is 6.44. The zero-order chi connectivity index (χ0) is 28.6. The van der Waals surface area contributed by atoms with Gasteiger partial charge in [-0.15, -0.1) is 10.2 Å². The Morgan fingerprint density at radius 2 is 1.85 bits per heavy atom. The fraction of sp³-hybridized carbons (Fsp3) is 0.433. The minimum Gasteiger partial charge on any atom is -0.300 e. The average Bonchev–Trinajstić information content (AvgIpc) is 3.54. The third-order valence-electron chi connectivity index (χ3n) is 7.99. The van der Waals surface area contributed by atoms with Crippen LogP contribution in [0.5, 0.6) is 0 Å². The molecule has 5 rings (SSSR count). The Morgan fingerprint density at radius 1 is 1.07 bits per heavy atom. The summed E-state index contributed by atoms with van der Waals surface area (Å²) in [5, 5.41) is 16.9. The van der Waals surface area contributed by atoms with Gasteiger partial charge in [0.2, 0.25) is 5.82 Å². The first kappa shape index (κ1) is 28.2. The molecule has 1 aromatic heterocycles. The molecule has 0 saturated heterocycles. The maximum atomic E-state index is 14.2. The summed E-state index contributed by atoms with van der Waals surface area (Å²) in [6.45, 7) is 5.99. The molecule has 10 heteroatoms. The lowest BCUT2D eigenvalue weighted by Crippen LogP contribution is -2.17. The molecule has 3 aromatic rings. The van der Waals surface area contributed by atoms with E-state index in [0.29, 0.717) is 54.8 Å². The van der Waals surface area contributed by atoms with Gasteiger partial charge >= 0.3 is 6.18 Å². The van der Waals surface area contributed by atoms with Crippen LogP contribution in [-0.4, -0.2) is 32.0 Å². The number of aryl methyl sites for hydroxylation is 1. The first-order valence-electron chi connectivity index (χ1n) is 13.6. The van der Waals surface area contributed by atoms with Crippen LogP contribution in [0.1, 0.15) is 98.1 Å². The quantitative estimate of drug-likeness (QED) is 0.278. The van der Waals surface area contributed by atoms with E-state index in [1.807, 2.05) is 13.0 Å². The van der Waals surface area contributed by atoms with Crippen LogP contribution in [0.4, 0.5) is 13.2 Å². The smallest absolute Gasteiger partial charge is 0.300 e. The van der Waals surface area contributed by atoms with Crippen molar-refractivity contribution in [3.8, 4) is 5.69 Å². The van der Waals surface area contributed by atoms with Gasteiger partial charge in [0.05, 0.1) is 5.69 Å². The summed E-state index contributed by atoms with van der Waals surface area (Å²) in [5.74, 6) is -1.27. The number of rotatable bonds is 8. The van der Waals surface area contributed by atoms with Crippen LogP contribution in [0.3, 0.4) is 0 Å². The Balaban J connectivity index is 1.58. The molecule has 0 saturated carbocycles. The molecule has 0 radical (unpaired) electrons. The van der Waals surface area contributed by atoms with E-state index in [2.05, 4.69) is 46.4 Å². The Bertz CT molecular complexity index is 1510. The minimum absolute atomic E-state index is 0.164. The van der Waals surface area contributed by atoms with Gasteiger partial charge in [0.15, 0.2) is 0 Å². The molecule has 0 amide bonds. The van der Waals surface area contributed by atoms with E-state index in [9.17, 15) is 18.0 Å². The molecule has 40 heavy (non-hydrogen) atoms. The standard InChI is InChI=1S/C30H31ClF3N5O/c1-4-18-7-6-8-24(17(18)3)25-14-19(13-22-16-21(35-36-22)10-11-23(40)5-2)28-37-38-29(30(32,33)34)39(28)27-12-9-20(31)15-26(25)27/h6-9,12,15,19,25H,4-5,10-11,13-14,16H2,1-3H3/t19-,25?/m0/s1. The summed E-state index contributed by atoms with van der Waals surface area (Å²) in [4.78, 5) is 11.8. The number of Topliss-reactive ketones (excluding diaryl/α,β-unsaturated/α-hetero) is 1. The van der Waals surface area contributed by atoms with Crippen molar-refractivity contribution >= 4 is 28.8 Å². The molecule has 6 nitrogen and oxygen atoms in total. The molecular formula is C30H31ClF3N5O. The number of nitrogens with zero attached hydrogens (tertiary/aromatic N) is 5. The number of halogens is 4. The van der Waals surface area contributed by atoms with Gasteiger partial charge in [-0.2, -0.15) is 23.4 Å². The summed E-state index contributed by atoms with van der Waals surface area (Å²) in [7, 11) is 0. The second-order valence-corrected chi connectivity index (χ2v) is 10.9. The highest BCUT2D eigenvalue weighted by molar-refractivity contribution is 6.30. The Labute approximate surface area is 236 Å². The van der Waals surface area contributed by atoms with Gasteiger partial charge in [-0.3, -0.25) is 9.36 Å². The van der Waals surface area contributed by atoms with Gasteiger partial charge in [-0.05, 0) is 73.1 Å². The van der Waals surface area contributed by atoms with Crippen LogP contribution in [-0.2, 0) is 17.4 Å². The van der Waals surface area contributed by atoms with E-state index in [4.69, 9.17) is 11.6 Å². The van der Waals surface area contributed by atoms with Crippen molar-refractivity contribution in [1.82, 2.24) is 14.8 Å². The van der Waals surface area contributed by atoms with Crippen molar-refractivity contribution < 1.29 is 18.0 Å². The number of benzene rings is 2. The highest BCUT2D eigenvalue weighted by Crippen LogP contribution is 2.46. The van der Waals surface area contributed by atoms with Gasteiger partial charge in [0.1, 0.15) is 11.6 Å². The highest BCUT2D eigenvalue weighted by Gasteiger charge is 2.43. The van der Waals surface area contributed by atoms with Gasteiger partial charge in [-0.25, -0.2) is 0 Å². The van der Waals surface area contributed by atoms with Crippen molar-refractivity contribution in [2.24, 2.45) is 10.2 Å². The molecule has 3 heterocycles. The normalized spacial score (nSPS) is 18.6. The van der Waals surface area contributed by atoms with Crippen LogP contribution in [0.15, 0.2) is 46.6 Å². The molecule has 2 aromatic carbocycles. The van der Waals surface area contributed by atoms with Gasteiger partial charge in [-0.1, -0.05) is 43.6 Å². The first-order chi connectivity index (χ1) is 19.1. The van der Waals surface area contributed by atoms with Crippen LogP contribution < -0.4 is 0 Å². The molecular weight excluding hydrogens is 539 g/mol. The van der Waals surface area contributed by atoms with Crippen molar-refractivity contribution in [3.63, 3.8) is 0 Å². The van der Waals surface area contributed by atoms with E-state index in [0.717, 1.165) is 33.5 Å². The Morgan fingerprint density at radius 3 is 2.58 bits per heavy atom. The molecule has 0 fully saturated rings. The first-order valence-corrected chi connectivity index (χ1v) is 14.0. The minimum atomic E-state index is -4.70. The molecule has 0 bridgehead atoms. The Hall–Kier alpha value is -3.33. The monoisotopic (exact) mass is 569 g/mol. The zero-order valence-electron chi connectivity index (χ0n) is 22.7. The maximum absolute atomic E-state index is 14.2. The average molecular weight is 570 g/mol.